The molecule has 0 aromatic rings. The molecule has 164 valence electrons. The van der Waals surface area contributed by atoms with Crippen LogP contribution in [0.3, 0.4) is 0 Å². The Bertz CT molecular complexity index is 558. The van der Waals surface area contributed by atoms with Crippen molar-refractivity contribution in [3.63, 3.8) is 0 Å². The molecule has 0 aliphatic rings. The van der Waals surface area contributed by atoms with E-state index in [1.807, 2.05) is 41.5 Å². The minimum Gasteiger partial charge on any atom is -0.435 e. The lowest BCUT2D eigenvalue weighted by atomic mass is 9.83. The SMILES string of the molecule is CC(C)(C)C(=O)OC(C)(N=NC(C)(OC(=O)C(C)(C)C)C(C)(C)C)C(C)(C)C. The topological polar surface area (TPSA) is 77.3 Å². The van der Waals surface area contributed by atoms with Gasteiger partial charge in [-0.05, 0) is 55.4 Å². The lowest BCUT2D eigenvalue weighted by molar-refractivity contribution is -0.187. The minimum absolute atomic E-state index is 0.368. The predicted molar refractivity (Wildman–Crippen MR) is 112 cm³/mol. The molecule has 6 nitrogen and oxygen atoms in total. The molecule has 2 unspecified atom stereocenters. The van der Waals surface area contributed by atoms with Crippen molar-refractivity contribution < 1.29 is 19.1 Å². The highest BCUT2D eigenvalue weighted by molar-refractivity contribution is 5.76. The van der Waals surface area contributed by atoms with Gasteiger partial charge < -0.3 is 9.47 Å². The number of nitrogens with zero attached hydrogens (tertiary/aromatic N) is 2. The molecule has 0 amide bonds. The Kier molecular flexibility index (Phi) is 7.35. The molecule has 0 aliphatic heterocycles. The summed E-state index contributed by atoms with van der Waals surface area (Å²) in [5, 5.41) is 8.92. The minimum atomic E-state index is -1.22. The molecule has 0 heterocycles. The number of hydrogen-bond acceptors (Lipinski definition) is 6. The summed E-state index contributed by atoms with van der Waals surface area (Å²) in [6, 6.07) is 0. The van der Waals surface area contributed by atoms with E-state index in [-0.39, 0.29) is 11.9 Å². The largest absolute Gasteiger partial charge is 0.435 e. The smallest absolute Gasteiger partial charge is 0.313 e. The second-order valence-electron chi connectivity index (χ2n) is 11.9. The number of azo groups is 1. The summed E-state index contributed by atoms with van der Waals surface area (Å²) < 4.78 is 11.6. The van der Waals surface area contributed by atoms with Gasteiger partial charge in [-0.15, -0.1) is 10.2 Å². The van der Waals surface area contributed by atoms with E-state index in [1.165, 1.54) is 0 Å². The van der Waals surface area contributed by atoms with Crippen LogP contribution in [0.5, 0.6) is 0 Å². The maximum Gasteiger partial charge on any atom is 0.313 e. The van der Waals surface area contributed by atoms with E-state index in [9.17, 15) is 9.59 Å². The van der Waals surface area contributed by atoms with Crippen molar-refractivity contribution in [2.75, 3.05) is 0 Å². The monoisotopic (exact) mass is 398 g/mol. The number of carbonyl (C=O) groups excluding carboxylic acids is 2. The molecule has 0 spiro atoms. The van der Waals surface area contributed by atoms with E-state index in [1.54, 1.807) is 55.4 Å². The number of ether oxygens (including phenoxy) is 2. The zero-order valence-electron chi connectivity index (χ0n) is 20.5. The Morgan fingerprint density at radius 1 is 0.500 bits per heavy atom. The van der Waals surface area contributed by atoms with Gasteiger partial charge in [0.25, 0.3) is 0 Å². The van der Waals surface area contributed by atoms with Gasteiger partial charge in [-0.1, -0.05) is 41.5 Å². The molecule has 0 rings (SSSR count). The molecule has 0 aromatic heterocycles. The summed E-state index contributed by atoms with van der Waals surface area (Å²) in [4.78, 5) is 25.1. The quantitative estimate of drug-likeness (QED) is 0.421. The molecule has 0 N–H and O–H groups in total. The van der Waals surface area contributed by atoms with Crippen LogP contribution in [-0.2, 0) is 19.1 Å². The van der Waals surface area contributed by atoms with Crippen LogP contribution in [-0.4, -0.2) is 23.4 Å². The van der Waals surface area contributed by atoms with Gasteiger partial charge in [0.1, 0.15) is 0 Å². The third kappa shape index (κ3) is 6.56. The molecule has 2 atom stereocenters. The van der Waals surface area contributed by atoms with E-state index in [2.05, 4.69) is 10.2 Å². The van der Waals surface area contributed by atoms with E-state index < -0.39 is 33.1 Å². The van der Waals surface area contributed by atoms with Gasteiger partial charge in [0.2, 0.25) is 11.4 Å². The Morgan fingerprint density at radius 2 is 0.714 bits per heavy atom. The van der Waals surface area contributed by atoms with Crippen molar-refractivity contribution >= 4 is 11.9 Å². The standard InChI is InChI=1S/C22H42N2O4/c1-17(2,3)15(25)27-21(13,19(7,8)9)23-24-22(14,20(10,11)12)28-16(26)18(4,5)6/h1-14H3. The average molecular weight is 399 g/mol. The molecule has 0 aromatic carbocycles. The molecule has 28 heavy (non-hydrogen) atoms. The first kappa shape index (κ1) is 26.5. The van der Waals surface area contributed by atoms with Gasteiger partial charge in [0.15, 0.2) is 0 Å². The van der Waals surface area contributed by atoms with Crippen LogP contribution in [0.1, 0.15) is 96.9 Å². The van der Waals surface area contributed by atoms with Gasteiger partial charge in [0, 0.05) is 10.8 Å². The Balaban J connectivity index is 6.15. The van der Waals surface area contributed by atoms with E-state index in [0.29, 0.717) is 0 Å². The summed E-state index contributed by atoms with van der Waals surface area (Å²) in [5.41, 5.74) is -4.84. The second-order valence-corrected chi connectivity index (χ2v) is 11.9. The molecule has 0 saturated carbocycles. The highest BCUT2D eigenvalue weighted by Crippen LogP contribution is 2.41. The van der Waals surface area contributed by atoms with Gasteiger partial charge in [0.05, 0.1) is 10.8 Å². The van der Waals surface area contributed by atoms with Crippen LogP contribution < -0.4 is 0 Å². The zero-order chi connectivity index (χ0) is 23.0. The van der Waals surface area contributed by atoms with Crippen LogP contribution in [0.25, 0.3) is 0 Å². The van der Waals surface area contributed by atoms with Gasteiger partial charge in [-0.3, -0.25) is 9.59 Å². The maximum absolute atomic E-state index is 12.5. The van der Waals surface area contributed by atoms with Crippen LogP contribution in [0.4, 0.5) is 0 Å². The third-order valence-corrected chi connectivity index (χ3v) is 5.02. The van der Waals surface area contributed by atoms with Gasteiger partial charge in [-0.25, -0.2) is 0 Å². The summed E-state index contributed by atoms with van der Waals surface area (Å²) >= 11 is 0. The van der Waals surface area contributed by atoms with Gasteiger partial charge >= 0.3 is 11.9 Å². The molecule has 0 saturated heterocycles. The first-order valence-electron chi connectivity index (χ1n) is 9.87. The van der Waals surface area contributed by atoms with Crippen molar-refractivity contribution in [1.29, 1.82) is 0 Å². The Hall–Kier alpha value is -1.46. The molecule has 0 radical (unpaired) electrons. The summed E-state index contributed by atoms with van der Waals surface area (Å²) in [7, 11) is 0. The van der Waals surface area contributed by atoms with Crippen molar-refractivity contribution in [3.05, 3.63) is 0 Å². The summed E-state index contributed by atoms with van der Waals surface area (Å²) in [5.74, 6) is -0.735. The first-order valence-corrected chi connectivity index (χ1v) is 9.87. The van der Waals surface area contributed by atoms with Crippen LogP contribution in [0.2, 0.25) is 0 Å². The van der Waals surface area contributed by atoms with Crippen molar-refractivity contribution in [2.45, 2.75) is 108 Å². The van der Waals surface area contributed by atoms with E-state index in [0.717, 1.165) is 0 Å². The van der Waals surface area contributed by atoms with Crippen LogP contribution >= 0.6 is 0 Å². The molecule has 6 heteroatoms. The lowest BCUT2D eigenvalue weighted by Crippen LogP contribution is -2.47. The van der Waals surface area contributed by atoms with Crippen molar-refractivity contribution in [3.8, 4) is 0 Å². The van der Waals surface area contributed by atoms with Crippen LogP contribution in [0, 0.1) is 21.7 Å². The number of rotatable bonds is 4. The Morgan fingerprint density at radius 3 is 0.857 bits per heavy atom. The molecule has 0 aliphatic carbocycles. The lowest BCUT2D eigenvalue weighted by Gasteiger charge is -2.41. The Labute approximate surface area is 171 Å². The summed E-state index contributed by atoms with van der Waals surface area (Å²) in [6.45, 7) is 25.8. The fourth-order valence-corrected chi connectivity index (χ4v) is 1.51. The number of carbonyl (C=O) groups is 2. The third-order valence-electron chi connectivity index (χ3n) is 5.02. The van der Waals surface area contributed by atoms with E-state index >= 15 is 0 Å². The molecule has 0 bridgehead atoms. The fourth-order valence-electron chi connectivity index (χ4n) is 1.51. The molecular formula is C22H42N2O4. The first-order chi connectivity index (χ1) is 12.0. The second kappa shape index (κ2) is 7.75. The highest BCUT2D eigenvalue weighted by atomic mass is 16.6. The molecule has 0 fully saturated rings. The molecular weight excluding hydrogens is 356 g/mol. The number of hydrogen-bond donors (Lipinski definition) is 0. The number of esters is 2. The predicted octanol–water partition coefficient (Wildman–Crippen LogP) is 6.14. The zero-order valence-corrected chi connectivity index (χ0v) is 20.5. The fraction of sp³-hybridized carbons (Fsp3) is 0.909. The van der Waals surface area contributed by atoms with Crippen LogP contribution in [0.15, 0.2) is 10.2 Å². The average Bonchev–Trinajstić information content (AvgIpc) is 2.40. The normalized spacial score (nSPS) is 18.4. The van der Waals surface area contributed by atoms with Crippen molar-refractivity contribution in [1.82, 2.24) is 0 Å². The van der Waals surface area contributed by atoms with E-state index in [4.69, 9.17) is 9.47 Å². The summed E-state index contributed by atoms with van der Waals surface area (Å²) in [6.07, 6.45) is 0. The maximum atomic E-state index is 12.5. The highest BCUT2D eigenvalue weighted by Gasteiger charge is 2.48. The van der Waals surface area contributed by atoms with Crippen molar-refractivity contribution in [2.24, 2.45) is 31.9 Å². The van der Waals surface area contributed by atoms with Gasteiger partial charge in [-0.2, -0.15) is 0 Å².